The number of alkyl halides is 1. The molecular formula is C8H15F. The van der Waals surface area contributed by atoms with Crippen molar-refractivity contribution in [1.82, 2.24) is 0 Å². The van der Waals surface area contributed by atoms with Crippen molar-refractivity contribution >= 4 is 0 Å². The Hall–Kier alpha value is -0.330. The Morgan fingerprint density at radius 2 is 2.11 bits per heavy atom. The highest BCUT2D eigenvalue weighted by molar-refractivity contribution is 4.87. The Kier molecular flexibility index (Phi) is 5.59. The van der Waals surface area contributed by atoms with Crippen LogP contribution in [0.15, 0.2) is 12.2 Å². The van der Waals surface area contributed by atoms with Crippen LogP contribution in [0, 0.1) is 0 Å². The Bertz CT molecular complexity index is 76.6. The highest BCUT2D eigenvalue weighted by Gasteiger charge is 1.95. The summed E-state index contributed by atoms with van der Waals surface area (Å²) in [4.78, 5) is 0. The molecule has 0 rings (SSSR count). The van der Waals surface area contributed by atoms with Crippen LogP contribution in [-0.2, 0) is 0 Å². The fraction of sp³-hybridized carbons (Fsp3) is 0.750. The summed E-state index contributed by atoms with van der Waals surface area (Å²) in [5.74, 6) is 0. The van der Waals surface area contributed by atoms with Crippen LogP contribution in [0.25, 0.3) is 0 Å². The van der Waals surface area contributed by atoms with E-state index in [9.17, 15) is 4.39 Å². The van der Waals surface area contributed by atoms with Crippen LogP contribution in [0.2, 0.25) is 0 Å². The average Bonchev–Trinajstić information content (AvgIpc) is 1.85. The van der Waals surface area contributed by atoms with Gasteiger partial charge in [-0.3, -0.25) is 0 Å². The van der Waals surface area contributed by atoms with Gasteiger partial charge in [0.05, 0.1) is 0 Å². The van der Waals surface area contributed by atoms with Crippen molar-refractivity contribution in [3.05, 3.63) is 12.2 Å². The average molecular weight is 130 g/mol. The predicted molar refractivity (Wildman–Crippen MR) is 39.2 cm³/mol. The van der Waals surface area contributed by atoms with E-state index in [1.165, 1.54) is 0 Å². The minimum Gasteiger partial charge on any atom is -0.243 e. The first-order valence-corrected chi connectivity index (χ1v) is 3.62. The Morgan fingerprint density at radius 3 is 2.56 bits per heavy atom. The molecular weight excluding hydrogens is 115 g/mol. The molecule has 0 bridgehead atoms. The lowest BCUT2D eigenvalue weighted by atomic mass is 10.2. The molecule has 0 saturated carbocycles. The molecule has 0 nitrogen and oxygen atoms in total. The first-order chi connectivity index (χ1) is 4.31. The molecule has 0 aliphatic carbocycles. The van der Waals surface area contributed by atoms with Gasteiger partial charge in [0, 0.05) is 0 Å². The predicted octanol–water partition coefficient (Wildman–Crippen LogP) is 3.09. The van der Waals surface area contributed by atoms with E-state index in [2.05, 4.69) is 0 Å². The summed E-state index contributed by atoms with van der Waals surface area (Å²) in [5.41, 5.74) is 0. The van der Waals surface area contributed by atoms with Crippen LogP contribution in [0.1, 0.15) is 33.1 Å². The second kappa shape index (κ2) is 5.80. The van der Waals surface area contributed by atoms with Gasteiger partial charge >= 0.3 is 0 Å². The summed E-state index contributed by atoms with van der Waals surface area (Å²) in [7, 11) is 0. The molecule has 0 saturated heterocycles. The van der Waals surface area contributed by atoms with Gasteiger partial charge in [-0.2, -0.15) is 0 Å². The van der Waals surface area contributed by atoms with Gasteiger partial charge < -0.3 is 0 Å². The lowest BCUT2D eigenvalue weighted by Gasteiger charge is -1.96. The number of hydrogen-bond donors (Lipinski definition) is 0. The Balaban J connectivity index is 3.25. The van der Waals surface area contributed by atoms with Crippen molar-refractivity contribution in [3.63, 3.8) is 0 Å². The number of halogens is 1. The lowest BCUT2D eigenvalue weighted by Crippen LogP contribution is -1.91. The maximum Gasteiger partial charge on any atom is 0.118 e. The summed E-state index contributed by atoms with van der Waals surface area (Å²) in [5, 5.41) is 0. The highest BCUT2D eigenvalue weighted by Crippen LogP contribution is 2.02. The van der Waals surface area contributed by atoms with Gasteiger partial charge in [0.2, 0.25) is 0 Å². The van der Waals surface area contributed by atoms with E-state index in [0.717, 1.165) is 12.8 Å². The van der Waals surface area contributed by atoms with Gasteiger partial charge in [0.25, 0.3) is 0 Å². The van der Waals surface area contributed by atoms with Crippen molar-refractivity contribution in [3.8, 4) is 0 Å². The summed E-state index contributed by atoms with van der Waals surface area (Å²) >= 11 is 0. The maximum atomic E-state index is 12.5. The molecule has 9 heavy (non-hydrogen) atoms. The van der Waals surface area contributed by atoms with Crippen LogP contribution in [0.3, 0.4) is 0 Å². The van der Waals surface area contributed by atoms with Crippen molar-refractivity contribution in [1.29, 1.82) is 0 Å². The third kappa shape index (κ3) is 5.54. The number of hydrogen-bond acceptors (Lipinski definition) is 0. The summed E-state index contributed by atoms with van der Waals surface area (Å²) in [6, 6.07) is 0. The number of rotatable bonds is 4. The van der Waals surface area contributed by atoms with E-state index in [-0.39, 0.29) is 0 Å². The van der Waals surface area contributed by atoms with Gasteiger partial charge in [0.15, 0.2) is 0 Å². The van der Waals surface area contributed by atoms with E-state index in [0.29, 0.717) is 6.42 Å². The van der Waals surface area contributed by atoms with Crippen LogP contribution in [0.4, 0.5) is 4.39 Å². The standard InChI is InChI=1S/C8H15F/c1-3-5-7-8(9)6-4-2/h5,7-8H,3-4,6H2,1-2H3/b7-5+. The fourth-order valence-corrected chi connectivity index (χ4v) is 0.656. The summed E-state index contributed by atoms with van der Waals surface area (Å²) < 4.78 is 12.5. The normalized spacial score (nSPS) is 14.6. The zero-order valence-electron chi connectivity index (χ0n) is 6.23. The molecule has 1 heteroatoms. The topological polar surface area (TPSA) is 0 Å². The SMILES string of the molecule is CC/C=C/C(F)CCC. The molecule has 0 radical (unpaired) electrons. The van der Waals surface area contributed by atoms with E-state index >= 15 is 0 Å². The van der Waals surface area contributed by atoms with Gasteiger partial charge in [-0.25, -0.2) is 4.39 Å². The second-order valence-corrected chi connectivity index (χ2v) is 2.14. The third-order valence-electron chi connectivity index (χ3n) is 1.15. The summed E-state index contributed by atoms with van der Waals surface area (Å²) in [6.45, 7) is 4.00. The van der Waals surface area contributed by atoms with E-state index in [1.54, 1.807) is 6.08 Å². The molecule has 0 aromatic heterocycles. The van der Waals surface area contributed by atoms with Crippen molar-refractivity contribution < 1.29 is 4.39 Å². The summed E-state index contributed by atoms with van der Waals surface area (Å²) in [6.07, 6.45) is 5.33. The highest BCUT2D eigenvalue weighted by atomic mass is 19.1. The van der Waals surface area contributed by atoms with Crippen molar-refractivity contribution in [2.75, 3.05) is 0 Å². The molecule has 54 valence electrons. The molecule has 0 amide bonds. The van der Waals surface area contributed by atoms with E-state index < -0.39 is 6.17 Å². The van der Waals surface area contributed by atoms with E-state index in [1.807, 2.05) is 19.9 Å². The zero-order chi connectivity index (χ0) is 7.11. The van der Waals surface area contributed by atoms with Gasteiger partial charge in [-0.05, 0) is 12.8 Å². The van der Waals surface area contributed by atoms with Crippen LogP contribution >= 0.6 is 0 Å². The molecule has 0 aliphatic rings. The minimum atomic E-state index is -0.713. The van der Waals surface area contributed by atoms with Gasteiger partial charge in [0.1, 0.15) is 6.17 Å². The first kappa shape index (κ1) is 8.67. The molecule has 1 atom stereocenters. The Morgan fingerprint density at radius 1 is 1.44 bits per heavy atom. The molecule has 0 aliphatic heterocycles. The van der Waals surface area contributed by atoms with Crippen molar-refractivity contribution in [2.24, 2.45) is 0 Å². The minimum absolute atomic E-state index is 0.663. The lowest BCUT2D eigenvalue weighted by molar-refractivity contribution is 0.375. The molecule has 0 aromatic carbocycles. The number of allylic oxidation sites excluding steroid dienone is 2. The molecule has 0 N–H and O–H groups in total. The maximum absolute atomic E-state index is 12.5. The smallest absolute Gasteiger partial charge is 0.118 e. The van der Waals surface area contributed by atoms with Gasteiger partial charge in [-0.1, -0.05) is 32.4 Å². The van der Waals surface area contributed by atoms with Crippen LogP contribution in [0.5, 0.6) is 0 Å². The molecule has 0 fully saturated rings. The first-order valence-electron chi connectivity index (χ1n) is 3.62. The van der Waals surface area contributed by atoms with Crippen LogP contribution in [-0.4, -0.2) is 6.17 Å². The van der Waals surface area contributed by atoms with Crippen molar-refractivity contribution in [2.45, 2.75) is 39.3 Å². The fourth-order valence-electron chi connectivity index (χ4n) is 0.656. The zero-order valence-corrected chi connectivity index (χ0v) is 6.23. The Labute approximate surface area is 56.8 Å². The van der Waals surface area contributed by atoms with E-state index in [4.69, 9.17) is 0 Å². The van der Waals surface area contributed by atoms with Crippen LogP contribution < -0.4 is 0 Å². The second-order valence-electron chi connectivity index (χ2n) is 2.14. The largest absolute Gasteiger partial charge is 0.243 e. The molecule has 0 aromatic rings. The molecule has 0 spiro atoms. The monoisotopic (exact) mass is 130 g/mol. The molecule has 0 heterocycles. The quantitative estimate of drug-likeness (QED) is 0.513. The molecule has 1 unspecified atom stereocenters. The third-order valence-corrected chi connectivity index (χ3v) is 1.15. The van der Waals surface area contributed by atoms with Gasteiger partial charge in [-0.15, -0.1) is 0 Å².